The van der Waals surface area contributed by atoms with Gasteiger partial charge in [0.2, 0.25) is 0 Å². The highest BCUT2D eigenvalue weighted by molar-refractivity contribution is 5.25. The highest BCUT2D eigenvalue weighted by Crippen LogP contribution is 2.41. The Morgan fingerprint density at radius 3 is 2.48 bits per heavy atom. The van der Waals surface area contributed by atoms with Gasteiger partial charge in [-0.2, -0.15) is 13.2 Å². The molecule has 1 aliphatic rings. The minimum atomic E-state index is -4.25. The number of halogens is 3. The second kappa shape index (κ2) is 6.39. The van der Waals surface area contributed by atoms with Crippen LogP contribution >= 0.6 is 0 Å². The van der Waals surface area contributed by atoms with E-state index in [9.17, 15) is 13.2 Å². The molecule has 0 saturated heterocycles. The van der Waals surface area contributed by atoms with Crippen molar-refractivity contribution in [3.63, 3.8) is 0 Å². The average Bonchev–Trinajstić information content (AvgIpc) is 2.77. The fraction of sp³-hybridized carbons (Fsp3) is 0.647. The molecule has 21 heavy (non-hydrogen) atoms. The molecule has 0 aromatic heterocycles. The third-order valence-electron chi connectivity index (χ3n) is 4.43. The van der Waals surface area contributed by atoms with Crippen LogP contribution in [0.15, 0.2) is 24.3 Å². The Morgan fingerprint density at radius 1 is 1.24 bits per heavy atom. The molecule has 1 N–H and O–H groups in total. The zero-order chi connectivity index (χ0) is 15.5. The maximum atomic E-state index is 12.6. The highest BCUT2D eigenvalue weighted by atomic mass is 19.4. The molecule has 1 aromatic rings. The SMILES string of the molecule is CCCNC1CCC(C)(Cc2ccc(C(F)(F)F)cc2)C1. The number of rotatable bonds is 5. The van der Waals surface area contributed by atoms with Crippen LogP contribution in [0.25, 0.3) is 0 Å². The van der Waals surface area contributed by atoms with Crippen LogP contribution in [0.2, 0.25) is 0 Å². The molecule has 2 unspecified atom stereocenters. The molecule has 118 valence electrons. The molecule has 0 amide bonds. The molecule has 1 aliphatic carbocycles. The van der Waals surface area contributed by atoms with Crippen LogP contribution in [0, 0.1) is 5.41 Å². The van der Waals surface area contributed by atoms with Crippen LogP contribution in [-0.4, -0.2) is 12.6 Å². The lowest BCUT2D eigenvalue weighted by molar-refractivity contribution is -0.137. The quantitative estimate of drug-likeness (QED) is 0.823. The maximum Gasteiger partial charge on any atom is 0.416 e. The van der Waals surface area contributed by atoms with E-state index in [4.69, 9.17) is 0 Å². The van der Waals surface area contributed by atoms with Crippen LogP contribution in [0.5, 0.6) is 0 Å². The van der Waals surface area contributed by atoms with Gasteiger partial charge in [-0.15, -0.1) is 0 Å². The van der Waals surface area contributed by atoms with Crippen LogP contribution < -0.4 is 5.32 Å². The van der Waals surface area contributed by atoms with Crippen molar-refractivity contribution in [2.24, 2.45) is 5.41 Å². The van der Waals surface area contributed by atoms with E-state index in [1.54, 1.807) is 12.1 Å². The van der Waals surface area contributed by atoms with Crippen molar-refractivity contribution in [1.29, 1.82) is 0 Å². The van der Waals surface area contributed by atoms with E-state index in [1.807, 2.05) is 0 Å². The zero-order valence-corrected chi connectivity index (χ0v) is 12.8. The van der Waals surface area contributed by atoms with Crippen molar-refractivity contribution in [3.05, 3.63) is 35.4 Å². The van der Waals surface area contributed by atoms with Gasteiger partial charge in [-0.05, 0) is 61.8 Å². The van der Waals surface area contributed by atoms with Gasteiger partial charge in [-0.1, -0.05) is 26.0 Å². The van der Waals surface area contributed by atoms with Gasteiger partial charge < -0.3 is 5.32 Å². The predicted molar refractivity (Wildman–Crippen MR) is 79.2 cm³/mol. The molecule has 0 spiro atoms. The standard InChI is InChI=1S/C17H24F3N/c1-3-10-21-15-8-9-16(2,12-15)11-13-4-6-14(7-5-13)17(18,19)20/h4-7,15,21H,3,8-12H2,1-2H3. The molecule has 4 heteroatoms. The van der Waals surface area contributed by atoms with E-state index in [0.717, 1.165) is 44.2 Å². The molecule has 1 nitrogen and oxygen atoms in total. The van der Waals surface area contributed by atoms with Crippen molar-refractivity contribution >= 4 is 0 Å². The summed E-state index contributed by atoms with van der Waals surface area (Å²) >= 11 is 0. The number of benzene rings is 1. The van der Waals surface area contributed by atoms with Gasteiger partial charge in [0.25, 0.3) is 0 Å². The van der Waals surface area contributed by atoms with Crippen LogP contribution in [-0.2, 0) is 12.6 Å². The smallest absolute Gasteiger partial charge is 0.314 e. The summed E-state index contributed by atoms with van der Waals surface area (Å²) in [5.41, 5.74) is 0.637. The lowest BCUT2D eigenvalue weighted by Gasteiger charge is -2.25. The van der Waals surface area contributed by atoms with Gasteiger partial charge in [0.15, 0.2) is 0 Å². The Hall–Kier alpha value is -1.03. The van der Waals surface area contributed by atoms with Gasteiger partial charge >= 0.3 is 6.18 Å². The van der Waals surface area contributed by atoms with Crippen LogP contribution in [0.4, 0.5) is 13.2 Å². The summed E-state index contributed by atoms with van der Waals surface area (Å²) in [6.45, 7) is 5.45. The Kier molecular flexibility index (Phi) is 4.97. The van der Waals surface area contributed by atoms with E-state index < -0.39 is 11.7 Å². The number of hydrogen-bond acceptors (Lipinski definition) is 1. The first-order valence-electron chi connectivity index (χ1n) is 7.72. The first kappa shape index (κ1) is 16.3. The third-order valence-corrected chi connectivity index (χ3v) is 4.43. The summed E-state index contributed by atoms with van der Waals surface area (Å²) < 4.78 is 37.7. The van der Waals surface area contributed by atoms with Crippen molar-refractivity contribution in [2.75, 3.05) is 6.54 Å². The zero-order valence-electron chi connectivity index (χ0n) is 12.8. The summed E-state index contributed by atoms with van der Waals surface area (Å²) in [5.74, 6) is 0. The minimum Gasteiger partial charge on any atom is -0.314 e. The third kappa shape index (κ3) is 4.47. The molecule has 1 aromatic carbocycles. The van der Waals surface area contributed by atoms with Crippen LogP contribution in [0.1, 0.15) is 50.7 Å². The number of hydrogen-bond donors (Lipinski definition) is 1. The van der Waals surface area contributed by atoms with E-state index in [-0.39, 0.29) is 5.41 Å². The largest absolute Gasteiger partial charge is 0.416 e. The molecule has 0 radical (unpaired) electrons. The van der Waals surface area contributed by atoms with Gasteiger partial charge in [0.1, 0.15) is 0 Å². The van der Waals surface area contributed by atoms with Gasteiger partial charge in [0.05, 0.1) is 5.56 Å². The highest BCUT2D eigenvalue weighted by Gasteiger charge is 2.35. The fourth-order valence-electron chi connectivity index (χ4n) is 3.31. The van der Waals surface area contributed by atoms with Crippen molar-refractivity contribution in [1.82, 2.24) is 5.32 Å². The van der Waals surface area contributed by atoms with E-state index in [1.165, 1.54) is 12.1 Å². The van der Waals surface area contributed by atoms with Gasteiger partial charge in [-0.25, -0.2) is 0 Å². The molecule has 0 aliphatic heterocycles. The predicted octanol–water partition coefficient (Wildman–Crippen LogP) is 4.81. The normalized spacial score (nSPS) is 26.2. The summed E-state index contributed by atoms with van der Waals surface area (Å²) in [5, 5.41) is 3.55. The van der Waals surface area contributed by atoms with Gasteiger partial charge in [0, 0.05) is 6.04 Å². The van der Waals surface area contributed by atoms with E-state index in [0.29, 0.717) is 6.04 Å². The second-order valence-electron chi connectivity index (χ2n) is 6.58. The number of nitrogens with one attached hydrogen (secondary N) is 1. The first-order chi connectivity index (χ1) is 9.82. The summed E-state index contributed by atoms with van der Waals surface area (Å²) in [4.78, 5) is 0. The molecule has 2 rings (SSSR count). The van der Waals surface area contributed by atoms with Gasteiger partial charge in [-0.3, -0.25) is 0 Å². The fourth-order valence-corrected chi connectivity index (χ4v) is 3.31. The maximum absolute atomic E-state index is 12.6. The Balaban J connectivity index is 1.95. The Morgan fingerprint density at radius 2 is 1.90 bits per heavy atom. The first-order valence-corrected chi connectivity index (χ1v) is 7.72. The topological polar surface area (TPSA) is 12.0 Å². The van der Waals surface area contributed by atoms with E-state index >= 15 is 0 Å². The van der Waals surface area contributed by atoms with E-state index in [2.05, 4.69) is 19.2 Å². The van der Waals surface area contributed by atoms with Crippen LogP contribution in [0.3, 0.4) is 0 Å². The lowest BCUT2D eigenvalue weighted by Crippen LogP contribution is -2.28. The molecule has 2 atom stereocenters. The molecular weight excluding hydrogens is 275 g/mol. The molecule has 0 heterocycles. The molecular formula is C17H24F3N. The lowest BCUT2D eigenvalue weighted by atomic mass is 9.82. The summed E-state index contributed by atoms with van der Waals surface area (Å²) in [6, 6.07) is 6.20. The molecule has 1 saturated carbocycles. The second-order valence-corrected chi connectivity index (χ2v) is 6.58. The Bertz CT molecular complexity index is 452. The summed E-state index contributed by atoms with van der Waals surface area (Å²) in [6.07, 6.45) is 1.15. The average molecular weight is 299 g/mol. The monoisotopic (exact) mass is 299 g/mol. The van der Waals surface area contributed by atoms with Crippen molar-refractivity contribution < 1.29 is 13.2 Å². The molecule has 0 bridgehead atoms. The molecule has 1 fully saturated rings. The van der Waals surface area contributed by atoms with Crippen molar-refractivity contribution in [3.8, 4) is 0 Å². The summed E-state index contributed by atoms with van der Waals surface area (Å²) in [7, 11) is 0. The Labute approximate surface area is 124 Å². The van der Waals surface area contributed by atoms with Crippen molar-refractivity contribution in [2.45, 2.75) is 58.2 Å². The minimum absolute atomic E-state index is 0.200. The number of alkyl halides is 3.